The van der Waals surface area contributed by atoms with Gasteiger partial charge in [0.15, 0.2) is 0 Å². The van der Waals surface area contributed by atoms with Crippen LogP contribution in [0.25, 0.3) is 9.40 Å². The van der Waals surface area contributed by atoms with E-state index in [-0.39, 0.29) is 11.1 Å². The van der Waals surface area contributed by atoms with Crippen LogP contribution in [-0.4, -0.2) is 4.57 Å². The van der Waals surface area contributed by atoms with E-state index >= 15 is 0 Å². The lowest BCUT2D eigenvalue weighted by atomic mass is 10.4. The Hall–Kier alpha value is -1.46. The maximum atomic E-state index is 12.0. The molecule has 2 aliphatic heterocycles. The molecule has 1 aromatic carbocycles. The molecule has 0 radical (unpaired) electrons. The Kier molecular flexibility index (Phi) is 2.38. The van der Waals surface area contributed by atoms with E-state index in [9.17, 15) is 9.59 Å². The smallest absolute Gasteiger partial charge is 0.272 e. The highest BCUT2D eigenvalue weighted by Gasteiger charge is 2.10. The molecule has 0 fully saturated rings. The van der Waals surface area contributed by atoms with Gasteiger partial charge in [0, 0.05) is 15.9 Å². The molecule has 0 spiro atoms. The minimum absolute atomic E-state index is 0.153. The second-order valence-electron chi connectivity index (χ2n) is 3.66. The fraction of sp³-hybridized carbons (Fsp3) is 0.167. The first-order valence-electron chi connectivity index (χ1n) is 5.27. The number of rotatable bonds is 1. The molecule has 0 aliphatic carbocycles. The molecule has 0 bridgehead atoms. The number of hydrogen-bond donors (Lipinski definition) is 0. The molecule has 0 N–H and O–H groups in total. The summed E-state index contributed by atoms with van der Waals surface area (Å²) >= 11 is 2.81. The number of hydrogen-bond acceptors (Lipinski definition) is 4. The van der Waals surface area contributed by atoms with Crippen molar-refractivity contribution in [2.75, 3.05) is 0 Å². The average molecular weight is 263 g/mol. The van der Waals surface area contributed by atoms with E-state index in [0.717, 1.165) is 9.40 Å². The summed E-state index contributed by atoms with van der Waals surface area (Å²) in [5.74, 6) is 0. The Morgan fingerprint density at radius 1 is 1.00 bits per heavy atom. The van der Waals surface area contributed by atoms with E-state index in [4.69, 9.17) is 0 Å². The zero-order chi connectivity index (χ0) is 12.0. The minimum atomic E-state index is -0.153. The van der Waals surface area contributed by atoms with Crippen LogP contribution in [-0.2, 0) is 6.54 Å². The van der Waals surface area contributed by atoms with Crippen molar-refractivity contribution in [1.82, 2.24) is 4.57 Å². The SMILES string of the molecule is CCn1c(=O)c2sc3ccccc3sc=2c1=O. The van der Waals surface area contributed by atoms with Gasteiger partial charge >= 0.3 is 0 Å². The maximum absolute atomic E-state index is 12.0. The van der Waals surface area contributed by atoms with Crippen LogP contribution in [0.5, 0.6) is 0 Å². The second kappa shape index (κ2) is 3.78. The van der Waals surface area contributed by atoms with Gasteiger partial charge in [0.25, 0.3) is 11.1 Å². The van der Waals surface area contributed by atoms with E-state index in [1.54, 1.807) is 0 Å². The number of fused-ring (bicyclic) bond motifs is 1. The van der Waals surface area contributed by atoms with Crippen molar-refractivity contribution in [2.45, 2.75) is 13.5 Å². The molecule has 1 aromatic rings. The highest BCUT2D eigenvalue weighted by molar-refractivity contribution is 7.26. The van der Waals surface area contributed by atoms with Gasteiger partial charge in [0.1, 0.15) is 9.06 Å². The first-order valence-corrected chi connectivity index (χ1v) is 6.91. The van der Waals surface area contributed by atoms with E-state index in [2.05, 4.69) is 0 Å². The fourth-order valence-electron chi connectivity index (χ4n) is 1.84. The molecule has 0 atom stereocenters. The van der Waals surface area contributed by atoms with Gasteiger partial charge in [-0.2, -0.15) is 0 Å². The van der Waals surface area contributed by atoms with Crippen LogP contribution in [0.3, 0.4) is 0 Å². The van der Waals surface area contributed by atoms with Gasteiger partial charge in [-0.05, 0) is 19.1 Å². The molecular formula is C12H9NO2S2. The van der Waals surface area contributed by atoms with Gasteiger partial charge in [-0.25, -0.2) is 0 Å². The fourth-order valence-corrected chi connectivity index (χ4v) is 4.16. The Morgan fingerprint density at radius 3 is 1.88 bits per heavy atom. The molecule has 0 saturated heterocycles. The topological polar surface area (TPSA) is 39.1 Å². The van der Waals surface area contributed by atoms with Crippen molar-refractivity contribution >= 4 is 32.1 Å². The molecule has 2 heterocycles. The monoisotopic (exact) mass is 263 g/mol. The largest absolute Gasteiger partial charge is 0.273 e. The van der Waals surface area contributed by atoms with E-state index in [1.807, 2.05) is 31.2 Å². The summed E-state index contributed by atoms with van der Waals surface area (Å²) in [6, 6.07) is 7.83. The predicted molar refractivity (Wildman–Crippen MR) is 71.2 cm³/mol. The molecule has 3 rings (SSSR count). The van der Waals surface area contributed by atoms with Crippen molar-refractivity contribution in [1.29, 1.82) is 0 Å². The van der Waals surface area contributed by atoms with E-state index in [1.165, 1.54) is 27.2 Å². The van der Waals surface area contributed by atoms with Crippen molar-refractivity contribution < 1.29 is 0 Å². The van der Waals surface area contributed by atoms with Crippen molar-refractivity contribution in [3.8, 4) is 0 Å². The van der Waals surface area contributed by atoms with Crippen LogP contribution >= 0.6 is 22.7 Å². The normalized spacial score (nSPS) is 11.4. The van der Waals surface area contributed by atoms with Crippen molar-refractivity contribution in [3.05, 3.63) is 54.0 Å². The van der Waals surface area contributed by atoms with Gasteiger partial charge in [-0.3, -0.25) is 14.2 Å². The van der Waals surface area contributed by atoms with Gasteiger partial charge in [0.2, 0.25) is 0 Å². The third-order valence-corrected chi connectivity index (χ3v) is 5.25. The molecule has 17 heavy (non-hydrogen) atoms. The highest BCUT2D eigenvalue weighted by atomic mass is 32.1. The molecule has 5 heteroatoms. The van der Waals surface area contributed by atoms with Gasteiger partial charge in [0.05, 0.1) is 0 Å². The molecule has 0 saturated carbocycles. The second-order valence-corrected chi connectivity index (χ2v) is 5.77. The van der Waals surface area contributed by atoms with Crippen LogP contribution in [0.15, 0.2) is 33.9 Å². The summed E-state index contributed by atoms with van der Waals surface area (Å²) in [4.78, 5) is 24.0. The summed E-state index contributed by atoms with van der Waals surface area (Å²) in [5, 5.41) is 0. The summed E-state index contributed by atoms with van der Waals surface area (Å²) in [5.41, 5.74) is -0.306. The zero-order valence-electron chi connectivity index (χ0n) is 9.10. The Bertz CT molecular complexity index is 803. The maximum Gasteiger partial charge on any atom is 0.272 e. The van der Waals surface area contributed by atoms with E-state index in [0.29, 0.717) is 15.6 Å². The molecule has 86 valence electrons. The van der Waals surface area contributed by atoms with Crippen LogP contribution < -0.4 is 11.1 Å². The predicted octanol–water partition coefficient (Wildman–Crippen LogP) is 2.23. The van der Waals surface area contributed by atoms with Crippen molar-refractivity contribution in [2.24, 2.45) is 0 Å². The van der Waals surface area contributed by atoms with Crippen molar-refractivity contribution in [3.63, 3.8) is 0 Å². The number of nitrogens with zero attached hydrogens (tertiary/aromatic N) is 1. The first-order chi connectivity index (χ1) is 8.22. The molecule has 0 amide bonds. The van der Waals surface area contributed by atoms with Crippen LogP contribution in [0.1, 0.15) is 6.92 Å². The standard InChI is InChI=1S/C12H9NO2S2/c1-2-13-11(14)9-10(12(13)15)17-8-6-4-3-5-7(8)16-9/h3-6H,2H2,1H3. The molecule has 3 nitrogen and oxygen atoms in total. The molecular weight excluding hydrogens is 254 g/mol. The highest BCUT2D eigenvalue weighted by Crippen LogP contribution is 2.23. The molecule has 2 aliphatic rings. The third-order valence-electron chi connectivity index (χ3n) is 2.67. The summed E-state index contributed by atoms with van der Waals surface area (Å²) in [6.45, 7) is 2.25. The third kappa shape index (κ3) is 1.46. The first kappa shape index (κ1) is 10.7. The molecule has 0 aromatic heterocycles. The lowest BCUT2D eigenvalue weighted by Gasteiger charge is -1.92. The number of benzene rings is 1. The van der Waals surface area contributed by atoms with Gasteiger partial charge < -0.3 is 0 Å². The molecule has 0 unspecified atom stereocenters. The Morgan fingerprint density at radius 2 is 1.47 bits per heavy atom. The lowest BCUT2D eigenvalue weighted by molar-refractivity contribution is 0.714. The quantitative estimate of drug-likeness (QED) is 0.675. The summed E-state index contributed by atoms with van der Waals surface area (Å²) in [7, 11) is 0. The Balaban J connectivity index is 2.65. The summed E-state index contributed by atoms with van der Waals surface area (Å²) < 4.78 is 4.57. The van der Waals surface area contributed by atoms with E-state index < -0.39 is 0 Å². The summed E-state index contributed by atoms with van der Waals surface area (Å²) in [6.07, 6.45) is 0. The van der Waals surface area contributed by atoms with Gasteiger partial charge in [-0.1, -0.05) is 12.1 Å². The average Bonchev–Trinajstić information content (AvgIpc) is 2.59. The lowest BCUT2D eigenvalue weighted by Crippen LogP contribution is -2.24. The Labute approximate surface area is 104 Å². The van der Waals surface area contributed by atoms with Crippen LogP contribution in [0.4, 0.5) is 0 Å². The number of aromatic nitrogens is 1. The van der Waals surface area contributed by atoms with Crippen LogP contribution in [0, 0.1) is 9.06 Å². The van der Waals surface area contributed by atoms with Gasteiger partial charge in [-0.15, -0.1) is 22.7 Å². The minimum Gasteiger partial charge on any atom is -0.273 e. The zero-order valence-corrected chi connectivity index (χ0v) is 10.7. The van der Waals surface area contributed by atoms with Crippen LogP contribution in [0.2, 0.25) is 0 Å².